The van der Waals surface area contributed by atoms with Gasteiger partial charge in [0.1, 0.15) is 5.75 Å². The number of nitrogens with one attached hydrogen (secondary N) is 1. The van der Waals surface area contributed by atoms with E-state index in [2.05, 4.69) is 15.5 Å². The fraction of sp³-hybridized carbons (Fsp3) is 0.0625. The average Bonchev–Trinajstić information content (AvgIpc) is 3.05. The van der Waals surface area contributed by atoms with Gasteiger partial charge in [0.2, 0.25) is 5.91 Å². The van der Waals surface area contributed by atoms with Crippen LogP contribution in [0, 0.1) is 0 Å². The molecule has 0 fully saturated rings. The molecule has 3 aromatic rings. The Bertz CT molecular complexity index is 1050. The van der Waals surface area contributed by atoms with Gasteiger partial charge in [0, 0.05) is 5.02 Å². The topological polar surface area (TPSA) is 102 Å². The van der Waals surface area contributed by atoms with Crippen LogP contribution < -0.4 is 5.32 Å². The zero-order valence-electron chi connectivity index (χ0n) is 13.0. The first-order chi connectivity index (χ1) is 12.3. The highest BCUT2D eigenvalue weighted by molar-refractivity contribution is 7.92. The summed E-state index contributed by atoms with van der Waals surface area (Å²) < 4.78 is 29.7. The second-order valence-corrected chi connectivity index (χ2v) is 7.99. The van der Waals surface area contributed by atoms with Gasteiger partial charge in [-0.15, -0.1) is 5.10 Å². The van der Waals surface area contributed by atoms with Crippen LogP contribution in [0.15, 0.2) is 57.8 Å². The third-order valence-electron chi connectivity index (χ3n) is 3.25. The van der Waals surface area contributed by atoms with Gasteiger partial charge in [-0.2, -0.15) is 0 Å². The van der Waals surface area contributed by atoms with Gasteiger partial charge in [-0.3, -0.25) is 10.1 Å². The number of aromatic nitrogens is 2. The third kappa shape index (κ3) is 4.21. The molecule has 3 rings (SSSR count). The standard InChI is InChI=1S/C16H11Cl2N3O4S/c17-10-6-7-13(18)12(8-10)15-20-21-16(25-15)19-14(22)9-26(23,24)11-4-2-1-3-5-11/h1-8H,9H2,(H,19,21,22). The molecule has 0 saturated carbocycles. The number of halogens is 2. The summed E-state index contributed by atoms with van der Waals surface area (Å²) in [5.74, 6) is -1.52. The van der Waals surface area contributed by atoms with E-state index in [9.17, 15) is 13.2 Å². The molecule has 0 unspecified atom stereocenters. The fourth-order valence-corrected chi connectivity index (χ4v) is 3.61. The van der Waals surface area contributed by atoms with Crippen molar-refractivity contribution in [2.45, 2.75) is 4.90 Å². The van der Waals surface area contributed by atoms with Crippen molar-refractivity contribution in [3.05, 3.63) is 58.6 Å². The maximum atomic E-state index is 12.2. The minimum atomic E-state index is -3.78. The second-order valence-electron chi connectivity index (χ2n) is 5.16. The SMILES string of the molecule is O=C(CS(=O)(=O)c1ccccc1)Nc1nnc(-c2cc(Cl)ccc2Cl)o1. The zero-order valence-corrected chi connectivity index (χ0v) is 15.3. The van der Waals surface area contributed by atoms with Gasteiger partial charge in [-0.1, -0.05) is 46.5 Å². The first kappa shape index (κ1) is 18.4. The van der Waals surface area contributed by atoms with Crippen molar-refractivity contribution in [1.82, 2.24) is 10.2 Å². The van der Waals surface area contributed by atoms with Gasteiger partial charge in [0.05, 0.1) is 15.5 Å². The summed E-state index contributed by atoms with van der Waals surface area (Å²) in [5, 5.41) is 10.4. The number of benzene rings is 2. The lowest BCUT2D eigenvalue weighted by molar-refractivity contribution is -0.114. The van der Waals surface area contributed by atoms with Crippen LogP contribution in [0.1, 0.15) is 0 Å². The summed E-state index contributed by atoms with van der Waals surface area (Å²) in [6.45, 7) is 0. The van der Waals surface area contributed by atoms with E-state index in [-0.39, 0.29) is 16.8 Å². The van der Waals surface area contributed by atoms with Gasteiger partial charge in [0.25, 0.3) is 5.89 Å². The molecule has 7 nitrogen and oxygen atoms in total. The molecule has 1 amide bonds. The number of carbonyl (C=O) groups excluding carboxylic acids is 1. The highest BCUT2D eigenvalue weighted by Gasteiger charge is 2.21. The number of anilines is 1. The minimum absolute atomic E-state index is 0.0405. The van der Waals surface area contributed by atoms with Gasteiger partial charge >= 0.3 is 6.01 Å². The highest BCUT2D eigenvalue weighted by Crippen LogP contribution is 2.30. The Labute approximate surface area is 158 Å². The Hall–Kier alpha value is -2.42. The number of hydrogen-bond acceptors (Lipinski definition) is 6. The van der Waals surface area contributed by atoms with E-state index in [1.807, 2.05) is 0 Å². The van der Waals surface area contributed by atoms with Crippen LogP contribution in [-0.4, -0.2) is 30.3 Å². The number of amides is 1. The summed E-state index contributed by atoms with van der Waals surface area (Å²) in [5.41, 5.74) is 0.393. The maximum absolute atomic E-state index is 12.2. The quantitative estimate of drug-likeness (QED) is 0.689. The van der Waals surface area contributed by atoms with E-state index >= 15 is 0 Å². The molecule has 1 aromatic heterocycles. The van der Waals surface area contributed by atoms with E-state index in [0.29, 0.717) is 15.6 Å². The van der Waals surface area contributed by atoms with Gasteiger partial charge in [-0.05, 0) is 30.3 Å². The molecule has 1 N–H and O–H groups in total. The predicted octanol–water partition coefficient (Wildman–Crippen LogP) is 3.46. The Balaban J connectivity index is 1.73. The number of sulfone groups is 1. The molecular weight excluding hydrogens is 401 g/mol. The van der Waals surface area contributed by atoms with Crippen molar-refractivity contribution in [2.24, 2.45) is 0 Å². The summed E-state index contributed by atoms with van der Waals surface area (Å²) >= 11 is 12.0. The average molecular weight is 412 g/mol. The summed E-state index contributed by atoms with van der Waals surface area (Å²) in [7, 11) is -3.78. The molecule has 1 heterocycles. The fourth-order valence-electron chi connectivity index (χ4n) is 2.08. The molecule has 0 atom stereocenters. The summed E-state index contributed by atoms with van der Waals surface area (Å²) in [4.78, 5) is 12.1. The number of hydrogen-bond donors (Lipinski definition) is 1. The minimum Gasteiger partial charge on any atom is -0.403 e. The lowest BCUT2D eigenvalue weighted by Crippen LogP contribution is -2.23. The number of rotatable bonds is 5. The van der Waals surface area contributed by atoms with Crippen LogP contribution >= 0.6 is 23.2 Å². The molecule has 0 aliphatic rings. The first-order valence-corrected chi connectivity index (χ1v) is 9.62. The Kier molecular flexibility index (Phi) is 5.26. The van der Waals surface area contributed by atoms with Crippen molar-refractivity contribution in [3.8, 4) is 11.5 Å². The molecule has 26 heavy (non-hydrogen) atoms. The van der Waals surface area contributed by atoms with Crippen LogP contribution in [0.3, 0.4) is 0 Å². The van der Waals surface area contributed by atoms with E-state index in [4.69, 9.17) is 27.6 Å². The van der Waals surface area contributed by atoms with Crippen molar-refractivity contribution in [3.63, 3.8) is 0 Å². The van der Waals surface area contributed by atoms with Crippen molar-refractivity contribution < 1.29 is 17.6 Å². The molecule has 0 spiro atoms. The molecule has 2 aromatic carbocycles. The Morgan fingerprint density at radius 1 is 1.08 bits per heavy atom. The molecule has 0 saturated heterocycles. The lowest BCUT2D eigenvalue weighted by atomic mass is 10.2. The van der Waals surface area contributed by atoms with E-state index < -0.39 is 21.5 Å². The monoisotopic (exact) mass is 411 g/mol. The van der Waals surface area contributed by atoms with Gasteiger partial charge in [-0.25, -0.2) is 8.42 Å². The highest BCUT2D eigenvalue weighted by atomic mass is 35.5. The normalized spacial score (nSPS) is 11.3. The zero-order chi connectivity index (χ0) is 18.7. The van der Waals surface area contributed by atoms with E-state index in [0.717, 1.165) is 0 Å². The molecule has 0 aliphatic carbocycles. The molecular formula is C16H11Cl2N3O4S. The Morgan fingerprint density at radius 2 is 1.81 bits per heavy atom. The molecule has 0 radical (unpaired) electrons. The van der Waals surface area contributed by atoms with Crippen LogP contribution in [-0.2, 0) is 14.6 Å². The second kappa shape index (κ2) is 7.45. The van der Waals surface area contributed by atoms with Gasteiger partial charge in [0.15, 0.2) is 9.84 Å². The predicted molar refractivity (Wildman–Crippen MR) is 96.9 cm³/mol. The largest absolute Gasteiger partial charge is 0.403 e. The first-order valence-electron chi connectivity index (χ1n) is 7.22. The molecule has 0 aliphatic heterocycles. The van der Waals surface area contributed by atoms with Crippen molar-refractivity contribution in [1.29, 1.82) is 0 Å². The van der Waals surface area contributed by atoms with Crippen LogP contribution in [0.25, 0.3) is 11.5 Å². The molecule has 134 valence electrons. The van der Waals surface area contributed by atoms with E-state index in [1.54, 1.807) is 30.3 Å². The number of carbonyl (C=O) groups is 1. The van der Waals surface area contributed by atoms with Crippen LogP contribution in [0.4, 0.5) is 6.01 Å². The summed E-state index contributed by atoms with van der Waals surface area (Å²) in [6, 6.07) is 12.1. The van der Waals surface area contributed by atoms with Crippen molar-refractivity contribution >= 4 is 45.0 Å². The third-order valence-corrected chi connectivity index (χ3v) is 5.45. The molecule has 10 heteroatoms. The van der Waals surface area contributed by atoms with Crippen LogP contribution in [0.2, 0.25) is 10.0 Å². The summed E-state index contributed by atoms with van der Waals surface area (Å²) in [6.07, 6.45) is 0. The lowest BCUT2D eigenvalue weighted by Gasteiger charge is -2.03. The Morgan fingerprint density at radius 3 is 2.54 bits per heavy atom. The maximum Gasteiger partial charge on any atom is 0.322 e. The van der Waals surface area contributed by atoms with Crippen LogP contribution in [0.5, 0.6) is 0 Å². The van der Waals surface area contributed by atoms with E-state index in [1.165, 1.54) is 18.2 Å². The molecule has 0 bridgehead atoms. The van der Waals surface area contributed by atoms with Gasteiger partial charge < -0.3 is 4.42 Å². The smallest absolute Gasteiger partial charge is 0.322 e. The number of nitrogens with zero attached hydrogens (tertiary/aromatic N) is 2. The van der Waals surface area contributed by atoms with Crippen molar-refractivity contribution in [2.75, 3.05) is 11.1 Å².